The molecule has 2 heterocycles. The molecule has 0 unspecified atom stereocenters. The van der Waals surface area contributed by atoms with Crippen LogP contribution in [0.2, 0.25) is 0 Å². The Morgan fingerprint density at radius 2 is 2.19 bits per heavy atom. The van der Waals surface area contributed by atoms with Crippen LogP contribution in [0.4, 0.5) is 0 Å². The van der Waals surface area contributed by atoms with Crippen LogP contribution in [0.15, 0.2) is 28.8 Å². The fourth-order valence-corrected chi connectivity index (χ4v) is 3.56. The highest BCUT2D eigenvalue weighted by Gasteiger charge is 2.30. The molecule has 0 aliphatic carbocycles. The van der Waals surface area contributed by atoms with Gasteiger partial charge < -0.3 is 14.2 Å². The minimum absolute atomic E-state index is 0.105. The lowest BCUT2D eigenvalue weighted by Gasteiger charge is -2.33. The summed E-state index contributed by atoms with van der Waals surface area (Å²) in [5.74, 6) is 2.41. The van der Waals surface area contributed by atoms with Gasteiger partial charge in [-0.15, -0.1) is 0 Å². The Morgan fingerprint density at radius 3 is 2.92 bits per heavy atom. The van der Waals surface area contributed by atoms with E-state index in [2.05, 4.69) is 24.0 Å². The fraction of sp³-hybridized carbons (Fsp3) is 0.550. The molecule has 0 saturated carbocycles. The predicted molar refractivity (Wildman–Crippen MR) is 98.9 cm³/mol. The first-order valence-corrected chi connectivity index (χ1v) is 9.43. The van der Waals surface area contributed by atoms with Crippen molar-refractivity contribution >= 4 is 5.91 Å². The minimum atomic E-state index is 0.105. The van der Waals surface area contributed by atoms with Crippen molar-refractivity contribution in [3.63, 3.8) is 0 Å². The maximum absolute atomic E-state index is 12.7. The number of hydrogen-bond acceptors (Lipinski definition) is 5. The summed E-state index contributed by atoms with van der Waals surface area (Å²) < 4.78 is 10.8. The Balaban J connectivity index is 1.73. The number of likely N-dealkylation sites (tertiary alicyclic amines) is 1. The average Bonchev–Trinajstić information content (AvgIpc) is 3.19. The summed E-state index contributed by atoms with van der Waals surface area (Å²) in [6.07, 6.45) is 3.70. The van der Waals surface area contributed by atoms with Gasteiger partial charge in [-0.1, -0.05) is 31.1 Å². The van der Waals surface area contributed by atoms with Crippen LogP contribution in [-0.2, 0) is 4.79 Å². The Kier molecular flexibility index (Phi) is 5.91. The van der Waals surface area contributed by atoms with E-state index in [9.17, 15) is 4.79 Å². The van der Waals surface area contributed by atoms with Crippen LogP contribution in [0.1, 0.15) is 51.3 Å². The quantitative estimate of drug-likeness (QED) is 0.784. The highest BCUT2D eigenvalue weighted by molar-refractivity contribution is 5.78. The first-order chi connectivity index (χ1) is 12.7. The van der Waals surface area contributed by atoms with E-state index in [0.29, 0.717) is 18.3 Å². The SMILES string of the molecule is CCC(CC)C(=O)N1CCC[C@H](c2nc(-c3cccc(OC)c3)no2)C1. The van der Waals surface area contributed by atoms with Gasteiger partial charge in [0.25, 0.3) is 0 Å². The summed E-state index contributed by atoms with van der Waals surface area (Å²) >= 11 is 0. The number of benzene rings is 1. The monoisotopic (exact) mass is 357 g/mol. The van der Waals surface area contributed by atoms with Crippen LogP contribution in [0.3, 0.4) is 0 Å². The third-order valence-corrected chi connectivity index (χ3v) is 5.19. The number of amides is 1. The van der Waals surface area contributed by atoms with Gasteiger partial charge in [0.15, 0.2) is 0 Å². The fourth-order valence-electron chi connectivity index (χ4n) is 3.56. The van der Waals surface area contributed by atoms with E-state index in [1.807, 2.05) is 29.2 Å². The zero-order valence-corrected chi connectivity index (χ0v) is 15.8. The van der Waals surface area contributed by atoms with Gasteiger partial charge >= 0.3 is 0 Å². The first kappa shape index (κ1) is 18.4. The normalized spacial score (nSPS) is 17.5. The molecule has 1 atom stereocenters. The molecule has 1 saturated heterocycles. The molecule has 0 spiro atoms. The second kappa shape index (κ2) is 8.34. The van der Waals surface area contributed by atoms with Crippen molar-refractivity contribution in [3.8, 4) is 17.1 Å². The minimum Gasteiger partial charge on any atom is -0.497 e. The molecule has 1 aliphatic rings. The van der Waals surface area contributed by atoms with E-state index in [0.717, 1.165) is 43.5 Å². The largest absolute Gasteiger partial charge is 0.497 e. The van der Waals surface area contributed by atoms with Crippen molar-refractivity contribution in [2.75, 3.05) is 20.2 Å². The molecule has 3 rings (SSSR count). The van der Waals surface area contributed by atoms with Crippen molar-refractivity contribution in [3.05, 3.63) is 30.2 Å². The van der Waals surface area contributed by atoms with Crippen molar-refractivity contribution in [2.24, 2.45) is 5.92 Å². The van der Waals surface area contributed by atoms with Crippen molar-refractivity contribution in [1.82, 2.24) is 15.0 Å². The van der Waals surface area contributed by atoms with Crippen LogP contribution >= 0.6 is 0 Å². The van der Waals surface area contributed by atoms with Gasteiger partial charge in [0, 0.05) is 24.6 Å². The number of hydrogen-bond donors (Lipinski definition) is 0. The Hall–Kier alpha value is -2.37. The highest BCUT2D eigenvalue weighted by atomic mass is 16.5. The van der Waals surface area contributed by atoms with E-state index in [1.165, 1.54) is 0 Å². The Bertz CT molecular complexity index is 739. The van der Waals surface area contributed by atoms with Crippen molar-refractivity contribution in [1.29, 1.82) is 0 Å². The molecule has 0 N–H and O–H groups in total. The van der Waals surface area contributed by atoms with Crippen LogP contribution in [0.5, 0.6) is 5.75 Å². The zero-order valence-electron chi connectivity index (χ0n) is 15.8. The first-order valence-electron chi connectivity index (χ1n) is 9.43. The van der Waals surface area contributed by atoms with Crippen LogP contribution in [0.25, 0.3) is 11.4 Å². The molecule has 6 heteroatoms. The Labute approximate surface area is 154 Å². The van der Waals surface area contributed by atoms with Crippen molar-refractivity contribution < 1.29 is 14.1 Å². The van der Waals surface area contributed by atoms with E-state index in [-0.39, 0.29) is 17.7 Å². The molecule has 140 valence electrons. The number of carbonyl (C=O) groups is 1. The summed E-state index contributed by atoms with van der Waals surface area (Å²) in [7, 11) is 1.63. The summed E-state index contributed by atoms with van der Waals surface area (Å²) in [5, 5.41) is 4.13. The molecule has 1 aromatic heterocycles. The zero-order chi connectivity index (χ0) is 18.5. The van der Waals surface area contributed by atoms with Gasteiger partial charge in [0.05, 0.1) is 13.0 Å². The molecule has 1 amide bonds. The number of methoxy groups -OCH3 is 1. The maximum Gasteiger partial charge on any atom is 0.231 e. The van der Waals surface area contributed by atoms with Gasteiger partial charge in [-0.2, -0.15) is 4.98 Å². The number of aromatic nitrogens is 2. The summed E-state index contributed by atoms with van der Waals surface area (Å²) in [6, 6.07) is 7.60. The number of nitrogens with zero attached hydrogens (tertiary/aromatic N) is 3. The van der Waals surface area contributed by atoms with Gasteiger partial charge in [0.1, 0.15) is 5.75 Å². The third kappa shape index (κ3) is 3.89. The van der Waals surface area contributed by atoms with E-state index in [1.54, 1.807) is 7.11 Å². The lowest BCUT2D eigenvalue weighted by atomic mass is 9.95. The third-order valence-electron chi connectivity index (χ3n) is 5.19. The Morgan fingerprint density at radius 1 is 1.38 bits per heavy atom. The van der Waals surface area contributed by atoms with E-state index in [4.69, 9.17) is 9.26 Å². The maximum atomic E-state index is 12.7. The van der Waals surface area contributed by atoms with Crippen LogP contribution < -0.4 is 4.74 Å². The second-order valence-electron chi connectivity index (χ2n) is 6.83. The van der Waals surface area contributed by atoms with Gasteiger partial charge in [-0.25, -0.2) is 0 Å². The molecule has 0 radical (unpaired) electrons. The molecule has 1 aliphatic heterocycles. The summed E-state index contributed by atoms with van der Waals surface area (Å²) in [5.41, 5.74) is 0.861. The lowest BCUT2D eigenvalue weighted by Crippen LogP contribution is -2.42. The lowest BCUT2D eigenvalue weighted by molar-refractivity contribution is -0.137. The van der Waals surface area contributed by atoms with Gasteiger partial charge in [-0.05, 0) is 37.8 Å². The molecular weight excluding hydrogens is 330 g/mol. The van der Waals surface area contributed by atoms with Gasteiger partial charge in [-0.3, -0.25) is 4.79 Å². The summed E-state index contributed by atoms with van der Waals surface area (Å²) in [4.78, 5) is 19.2. The van der Waals surface area contributed by atoms with Crippen LogP contribution in [-0.4, -0.2) is 41.1 Å². The molecule has 2 aromatic rings. The molecule has 6 nitrogen and oxygen atoms in total. The summed E-state index contributed by atoms with van der Waals surface area (Å²) in [6.45, 7) is 5.63. The smallest absolute Gasteiger partial charge is 0.231 e. The molecule has 1 aromatic carbocycles. The second-order valence-corrected chi connectivity index (χ2v) is 6.83. The molecular formula is C20H27N3O3. The topological polar surface area (TPSA) is 68.5 Å². The highest BCUT2D eigenvalue weighted by Crippen LogP contribution is 2.29. The van der Waals surface area contributed by atoms with Gasteiger partial charge in [0.2, 0.25) is 17.6 Å². The van der Waals surface area contributed by atoms with E-state index >= 15 is 0 Å². The van der Waals surface area contributed by atoms with Crippen LogP contribution in [0, 0.1) is 5.92 Å². The van der Waals surface area contributed by atoms with E-state index < -0.39 is 0 Å². The number of piperidine rings is 1. The van der Waals surface area contributed by atoms with Crippen molar-refractivity contribution in [2.45, 2.75) is 45.4 Å². The number of ether oxygens (including phenoxy) is 1. The molecule has 26 heavy (non-hydrogen) atoms. The average molecular weight is 357 g/mol. The standard InChI is InChI=1S/C20H27N3O3/c1-4-14(5-2)20(24)23-11-7-9-16(13-23)19-21-18(22-26-19)15-8-6-10-17(12-15)25-3/h6,8,10,12,14,16H,4-5,7,9,11,13H2,1-3H3/t16-/m0/s1. The molecule has 0 bridgehead atoms. The predicted octanol–water partition coefficient (Wildman–Crippen LogP) is 3.89. The number of rotatable bonds is 6. The number of carbonyl (C=O) groups excluding carboxylic acids is 1. The molecule has 1 fully saturated rings.